The first-order valence-corrected chi connectivity index (χ1v) is 13.3. The Morgan fingerprint density at radius 1 is 1.05 bits per heavy atom. The number of nitrogens with zero attached hydrogens (tertiary/aromatic N) is 5. The van der Waals surface area contributed by atoms with Crippen LogP contribution >= 0.6 is 0 Å². The molecule has 0 spiro atoms. The molecule has 0 amide bonds. The molecule has 2 aliphatic heterocycles. The quantitative estimate of drug-likeness (QED) is 0.357. The molecule has 3 aromatic carbocycles. The summed E-state index contributed by atoms with van der Waals surface area (Å²) in [6, 6.07) is 13.8. The van der Waals surface area contributed by atoms with Gasteiger partial charge in [-0.1, -0.05) is 23.4 Å². The van der Waals surface area contributed by atoms with Gasteiger partial charge in [-0.15, -0.1) is 5.10 Å². The van der Waals surface area contributed by atoms with Crippen molar-refractivity contribution in [2.45, 2.75) is 69.9 Å². The Hall–Kier alpha value is -3.78. The highest BCUT2D eigenvalue weighted by Crippen LogP contribution is 2.41. The molecule has 0 saturated carbocycles. The SMILES string of the molecule is CC(C)(O)Cn1nnc2cc(-c3ccc(CN4[C@@H]5CC[C@H]4[C@@H](N)C5)cc3-c3ccc(C#N)c(F)c3)c(F)c(F)c21. The van der Waals surface area contributed by atoms with Crippen LogP contribution < -0.4 is 5.73 Å². The Labute approximate surface area is 229 Å². The van der Waals surface area contributed by atoms with Gasteiger partial charge >= 0.3 is 0 Å². The molecule has 40 heavy (non-hydrogen) atoms. The highest BCUT2D eigenvalue weighted by molar-refractivity contribution is 5.89. The Morgan fingerprint density at radius 2 is 1.85 bits per heavy atom. The molecule has 2 bridgehead atoms. The third-order valence-corrected chi connectivity index (χ3v) is 8.08. The molecule has 1 aromatic heterocycles. The molecule has 3 heterocycles. The van der Waals surface area contributed by atoms with E-state index in [-0.39, 0.29) is 34.7 Å². The predicted octanol–water partition coefficient (Wildman–Crippen LogP) is 4.89. The zero-order valence-corrected chi connectivity index (χ0v) is 22.2. The number of benzene rings is 3. The van der Waals surface area contributed by atoms with Gasteiger partial charge in [0.25, 0.3) is 0 Å². The molecular weight excluding hydrogens is 517 g/mol. The number of rotatable bonds is 6. The van der Waals surface area contributed by atoms with Crippen LogP contribution in [-0.4, -0.2) is 48.7 Å². The maximum atomic E-state index is 15.7. The van der Waals surface area contributed by atoms with E-state index in [1.807, 2.05) is 18.2 Å². The van der Waals surface area contributed by atoms with E-state index < -0.39 is 23.1 Å². The van der Waals surface area contributed by atoms with Crippen LogP contribution in [0.15, 0.2) is 42.5 Å². The van der Waals surface area contributed by atoms with Gasteiger partial charge in [0.15, 0.2) is 11.6 Å². The lowest BCUT2D eigenvalue weighted by Crippen LogP contribution is -2.36. The van der Waals surface area contributed by atoms with E-state index in [1.54, 1.807) is 12.1 Å². The molecule has 7 nitrogen and oxygen atoms in total. The van der Waals surface area contributed by atoms with Crippen molar-refractivity contribution in [2.24, 2.45) is 5.73 Å². The van der Waals surface area contributed by atoms with Gasteiger partial charge in [-0.2, -0.15) is 5.26 Å². The Morgan fingerprint density at radius 3 is 2.50 bits per heavy atom. The van der Waals surface area contributed by atoms with Crippen molar-refractivity contribution in [3.8, 4) is 28.3 Å². The van der Waals surface area contributed by atoms with Crippen LogP contribution in [0, 0.1) is 28.8 Å². The van der Waals surface area contributed by atoms with Crippen molar-refractivity contribution in [3.63, 3.8) is 0 Å². The average molecular weight is 547 g/mol. The van der Waals surface area contributed by atoms with Gasteiger partial charge in [-0.3, -0.25) is 4.90 Å². The average Bonchev–Trinajstić information content (AvgIpc) is 3.57. The van der Waals surface area contributed by atoms with Gasteiger partial charge in [0, 0.05) is 30.2 Å². The van der Waals surface area contributed by atoms with Crippen LogP contribution in [0.5, 0.6) is 0 Å². The third kappa shape index (κ3) is 4.54. The van der Waals surface area contributed by atoms with Crippen molar-refractivity contribution >= 4 is 11.0 Å². The van der Waals surface area contributed by atoms with Crippen molar-refractivity contribution < 1.29 is 18.3 Å². The van der Waals surface area contributed by atoms with Gasteiger partial charge in [0.1, 0.15) is 22.9 Å². The molecular formula is C30H29F3N6O. The highest BCUT2D eigenvalue weighted by Gasteiger charge is 2.44. The number of halogens is 3. The van der Waals surface area contributed by atoms with Crippen molar-refractivity contribution in [3.05, 3.63) is 71.0 Å². The number of aromatic nitrogens is 3. The van der Waals surface area contributed by atoms with E-state index in [2.05, 4.69) is 15.2 Å². The topological polar surface area (TPSA) is 104 Å². The lowest BCUT2D eigenvalue weighted by atomic mass is 9.91. The van der Waals surface area contributed by atoms with Crippen LogP contribution in [0.4, 0.5) is 13.2 Å². The summed E-state index contributed by atoms with van der Waals surface area (Å²) in [6.07, 6.45) is 3.11. The molecule has 206 valence electrons. The second-order valence-electron chi connectivity index (χ2n) is 11.5. The zero-order valence-electron chi connectivity index (χ0n) is 22.2. The minimum Gasteiger partial charge on any atom is -0.389 e. The van der Waals surface area contributed by atoms with Gasteiger partial charge in [0.2, 0.25) is 0 Å². The van der Waals surface area contributed by atoms with Crippen molar-refractivity contribution in [1.82, 2.24) is 19.9 Å². The summed E-state index contributed by atoms with van der Waals surface area (Å²) in [5.41, 5.74) is 7.15. The van der Waals surface area contributed by atoms with Gasteiger partial charge in [0.05, 0.1) is 17.7 Å². The molecule has 2 fully saturated rings. The van der Waals surface area contributed by atoms with E-state index in [9.17, 15) is 14.8 Å². The molecule has 10 heteroatoms. The maximum Gasteiger partial charge on any atom is 0.187 e. The summed E-state index contributed by atoms with van der Waals surface area (Å²) in [4.78, 5) is 2.40. The number of nitrogens with two attached hydrogens (primary N) is 1. The van der Waals surface area contributed by atoms with E-state index in [0.717, 1.165) is 29.5 Å². The third-order valence-electron chi connectivity index (χ3n) is 8.08. The second kappa shape index (κ2) is 9.70. The van der Waals surface area contributed by atoms with E-state index in [0.29, 0.717) is 35.3 Å². The molecule has 6 rings (SSSR count). The monoisotopic (exact) mass is 546 g/mol. The molecule has 0 radical (unpaired) electrons. The van der Waals surface area contributed by atoms with Crippen molar-refractivity contribution in [2.75, 3.05) is 0 Å². The molecule has 4 aromatic rings. The first-order chi connectivity index (χ1) is 19.0. The molecule has 3 N–H and O–H groups in total. The first kappa shape index (κ1) is 26.4. The normalized spacial score (nSPS) is 20.9. The van der Waals surface area contributed by atoms with E-state index in [1.165, 1.54) is 32.0 Å². The Bertz CT molecular complexity index is 1670. The fraction of sp³-hybridized carbons (Fsp3) is 0.367. The Kier molecular flexibility index (Phi) is 6.41. The van der Waals surface area contributed by atoms with Crippen LogP contribution in [0.2, 0.25) is 0 Å². The van der Waals surface area contributed by atoms with Crippen LogP contribution in [0.25, 0.3) is 33.3 Å². The number of fused-ring (bicyclic) bond motifs is 3. The lowest BCUT2D eigenvalue weighted by molar-refractivity contribution is 0.0583. The smallest absolute Gasteiger partial charge is 0.187 e. The summed E-state index contributed by atoms with van der Waals surface area (Å²) < 4.78 is 47.1. The zero-order chi connectivity index (χ0) is 28.3. The maximum absolute atomic E-state index is 15.7. The summed E-state index contributed by atoms with van der Waals surface area (Å²) in [7, 11) is 0. The van der Waals surface area contributed by atoms with Crippen LogP contribution in [-0.2, 0) is 13.1 Å². The van der Waals surface area contributed by atoms with Crippen LogP contribution in [0.3, 0.4) is 0 Å². The van der Waals surface area contributed by atoms with Gasteiger partial charge in [-0.05, 0) is 79.6 Å². The van der Waals surface area contributed by atoms with Gasteiger partial charge in [-0.25, -0.2) is 17.9 Å². The fourth-order valence-electron chi connectivity index (χ4n) is 6.29. The number of hydrogen-bond acceptors (Lipinski definition) is 6. The minimum atomic E-state index is -1.22. The molecule has 2 aliphatic rings. The summed E-state index contributed by atoms with van der Waals surface area (Å²) in [5.74, 6) is -2.93. The van der Waals surface area contributed by atoms with Crippen LogP contribution in [0.1, 0.15) is 44.2 Å². The first-order valence-electron chi connectivity index (χ1n) is 13.3. The molecule has 3 atom stereocenters. The van der Waals surface area contributed by atoms with E-state index in [4.69, 9.17) is 5.73 Å². The summed E-state index contributed by atoms with van der Waals surface area (Å²) >= 11 is 0. The number of aliphatic hydroxyl groups is 1. The molecule has 0 aliphatic carbocycles. The minimum absolute atomic E-state index is 0.0464. The van der Waals surface area contributed by atoms with Crippen molar-refractivity contribution in [1.29, 1.82) is 5.26 Å². The lowest BCUT2D eigenvalue weighted by Gasteiger charge is -2.23. The predicted molar refractivity (Wildman–Crippen MR) is 144 cm³/mol. The van der Waals surface area contributed by atoms with E-state index >= 15 is 8.78 Å². The summed E-state index contributed by atoms with van der Waals surface area (Å²) in [6.45, 7) is 3.63. The highest BCUT2D eigenvalue weighted by atomic mass is 19.2. The molecule has 2 saturated heterocycles. The fourth-order valence-corrected chi connectivity index (χ4v) is 6.29. The molecule has 0 unspecified atom stereocenters. The Balaban J connectivity index is 1.48. The standard InChI is InChI=1S/C30H29F3N6O/c1-30(2,40)15-39-29-25(36-37-39)12-22(27(32)28(29)33)20-7-3-16(14-38-19-6-8-26(38)24(35)11-19)9-21(20)17-4-5-18(13-34)23(31)10-17/h3-5,7,9-10,12,19,24,26,40H,6,8,11,14-15,35H2,1-2H3/t19-,24+,26+/m1/s1. The second-order valence-corrected chi connectivity index (χ2v) is 11.5. The van der Waals surface area contributed by atoms with Gasteiger partial charge < -0.3 is 10.8 Å². The summed E-state index contributed by atoms with van der Waals surface area (Å²) in [5, 5.41) is 27.3. The number of nitriles is 1. The largest absolute Gasteiger partial charge is 0.389 e. The number of hydrogen-bond donors (Lipinski definition) is 2.